The number of hydrogen-bond donors (Lipinski definition) is 2. The van der Waals surface area contributed by atoms with Gasteiger partial charge in [-0.15, -0.1) is 0 Å². The van der Waals surface area contributed by atoms with Gasteiger partial charge in [-0.25, -0.2) is 4.98 Å². The van der Waals surface area contributed by atoms with E-state index in [0.29, 0.717) is 5.69 Å². The second-order valence-electron chi connectivity index (χ2n) is 7.53. The van der Waals surface area contributed by atoms with E-state index in [2.05, 4.69) is 27.5 Å². The molecule has 0 aliphatic heterocycles. The minimum absolute atomic E-state index is 0.0977. The molecule has 0 aliphatic rings. The van der Waals surface area contributed by atoms with Crippen LogP contribution in [0.1, 0.15) is 49.3 Å². The van der Waals surface area contributed by atoms with Crippen molar-refractivity contribution in [2.75, 3.05) is 10.6 Å². The summed E-state index contributed by atoms with van der Waals surface area (Å²) in [5.41, 5.74) is 2.43. The fourth-order valence-electron chi connectivity index (χ4n) is 3.28. The highest BCUT2D eigenvalue weighted by Gasteiger charge is 2.35. The fourth-order valence-corrected chi connectivity index (χ4v) is 3.28. The van der Waals surface area contributed by atoms with Gasteiger partial charge in [-0.1, -0.05) is 56.5 Å². The largest absolute Gasteiger partial charge is 0.421 e. The molecule has 0 unspecified atom stereocenters. The number of unbranched alkanes of at least 4 members (excludes halogenated alkanes) is 3. The molecule has 0 amide bonds. The van der Waals surface area contributed by atoms with Gasteiger partial charge >= 0.3 is 6.18 Å². The Morgan fingerprint density at radius 3 is 2.48 bits per heavy atom. The van der Waals surface area contributed by atoms with Crippen molar-refractivity contribution in [1.82, 2.24) is 9.97 Å². The van der Waals surface area contributed by atoms with Gasteiger partial charge in [-0.05, 0) is 49.1 Å². The Balaban J connectivity index is 1.84. The number of nitrogens with zero attached hydrogens (tertiary/aromatic N) is 2. The number of rotatable bonds is 9. The summed E-state index contributed by atoms with van der Waals surface area (Å²) in [5, 5.41) is 5.85. The van der Waals surface area contributed by atoms with E-state index in [1.807, 2.05) is 49.4 Å². The number of benzene rings is 2. The molecule has 0 radical (unpaired) electrons. The van der Waals surface area contributed by atoms with Crippen LogP contribution in [0.2, 0.25) is 0 Å². The predicted molar refractivity (Wildman–Crippen MR) is 119 cm³/mol. The molecular weight excluding hydrogens is 401 g/mol. The summed E-state index contributed by atoms with van der Waals surface area (Å²) in [6.45, 7) is 4.06. The number of para-hydroxylation sites is 1. The summed E-state index contributed by atoms with van der Waals surface area (Å²) >= 11 is 0. The van der Waals surface area contributed by atoms with Gasteiger partial charge in [0.25, 0.3) is 0 Å². The monoisotopic (exact) mass is 428 g/mol. The van der Waals surface area contributed by atoms with Gasteiger partial charge in [-0.2, -0.15) is 18.2 Å². The number of alkyl halides is 3. The molecule has 1 heterocycles. The maximum absolute atomic E-state index is 13.6. The minimum Gasteiger partial charge on any atom is -0.340 e. The molecule has 2 N–H and O–H groups in total. The van der Waals surface area contributed by atoms with Crippen molar-refractivity contribution in [3.05, 3.63) is 71.4 Å². The van der Waals surface area contributed by atoms with Crippen LogP contribution in [-0.4, -0.2) is 9.97 Å². The van der Waals surface area contributed by atoms with Crippen LogP contribution in [-0.2, 0) is 12.6 Å². The summed E-state index contributed by atoms with van der Waals surface area (Å²) in [6, 6.07) is 14.9. The Kier molecular flexibility index (Phi) is 7.50. The predicted octanol–water partition coefficient (Wildman–Crippen LogP) is 7.41. The molecule has 0 bridgehead atoms. The average molecular weight is 429 g/mol. The van der Waals surface area contributed by atoms with E-state index < -0.39 is 11.7 Å². The molecule has 0 atom stereocenters. The number of aromatic nitrogens is 2. The zero-order valence-electron chi connectivity index (χ0n) is 17.8. The number of aryl methyl sites for hydroxylation is 2. The summed E-state index contributed by atoms with van der Waals surface area (Å²) in [4.78, 5) is 8.01. The van der Waals surface area contributed by atoms with Crippen LogP contribution in [0.5, 0.6) is 0 Å². The molecule has 2 aromatic carbocycles. The van der Waals surface area contributed by atoms with Crippen LogP contribution >= 0.6 is 0 Å². The number of nitrogens with one attached hydrogen (secondary N) is 2. The first-order valence-corrected chi connectivity index (χ1v) is 10.5. The average Bonchev–Trinajstić information content (AvgIpc) is 2.73. The Morgan fingerprint density at radius 2 is 1.74 bits per heavy atom. The summed E-state index contributed by atoms with van der Waals surface area (Å²) in [6.07, 6.45) is 1.69. The topological polar surface area (TPSA) is 49.8 Å². The smallest absolute Gasteiger partial charge is 0.340 e. The molecule has 3 rings (SSSR count). The maximum Gasteiger partial charge on any atom is 0.421 e. The molecule has 1 aromatic heterocycles. The lowest BCUT2D eigenvalue weighted by Gasteiger charge is -2.16. The molecule has 164 valence electrons. The Morgan fingerprint density at radius 1 is 0.935 bits per heavy atom. The van der Waals surface area contributed by atoms with E-state index in [-0.39, 0.29) is 11.8 Å². The van der Waals surface area contributed by atoms with Crippen molar-refractivity contribution in [3.8, 4) is 0 Å². The summed E-state index contributed by atoms with van der Waals surface area (Å²) < 4.78 is 40.7. The minimum atomic E-state index is -4.57. The van der Waals surface area contributed by atoms with Gasteiger partial charge in [0.05, 0.1) is 0 Å². The van der Waals surface area contributed by atoms with Crippen LogP contribution < -0.4 is 10.6 Å². The standard InChI is InChI=1S/C24H27F3N4/c1-3-4-5-6-11-18-12-9-13-19(15-18)29-22-20(24(25,26)27)16-28-23(31-22)30-21-14-8-7-10-17(21)2/h7-10,12-16H,3-6,11H2,1-2H3,(H2,28,29,30,31). The molecule has 0 fully saturated rings. The van der Waals surface area contributed by atoms with Gasteiger partial charge in [-0.3, -0.25) is 0 Å². The normalized spacial score (nSPS) is 11.4. The molecule has 7 heteroatoms. The zero-order valence-corrected chi connectivity index (χ0v) is 17.8. The third-order valence-corrected chi connectivity index (χ3v) is 4.99. The highest BCUT2D eigenvalue weighted by molar-refractivity contribution is 5.64. The highest BCUT2D eigenvalue weighted by atomic mass is 19.4. The lowest BCUT2D eigenvalue weighted by Crippen LogP contribution is -2.12. The third kappa shape index (κ3) is 6.44. The van der Waals surface area contributed by atoms with Gasteiger partial charge in [0, 0.05) is 17.6 Å². The van der Waals surface area contributed by atoms with Crippen molar-refractivity contribution in [2.45, 2.75) is 52.1 Å². The van der Waals surface area contributed by atoms with Crippen LogP contribution in [0, 0.1) is 6.92 Å². The number of halogens is 3. The van der Waals surface area contributed by atoms with Gasteiger partial charge in [0.1, 0.15) is 11.4 Å². The van der Waals surface area contributed by atoms with Crippen LogP contribution in [0.15, 0.2) is 54.7 Å². The first-order valence-electron chi connectivity index (χ1n) is 10.5. The second-order valence-corrected chi connectivity index (χ2v) is 7.53. The Bertz CT molecular complexity index is 1000. The van der Waals surface area contributed by atoms with E-state index in [1.54, 1.807) is 6.07 Å². The van der Waals surface area contributed by atoms with Gasteiger partial charge < -0.3 is 10.6 Å². The number of anilines is 4. The summed E-state index contributed by atoms with van der Waals surface area (Å²) in [5.74, 6) is -0.178. The first-order chi connectivity index (χ1) is 14.9. The molecule has 0 aliphatic carbocycles. The van der Waals surface area contributed by atoms with Gasteiger partial charge in [0.2, 0.25) is 5.95 Å². The van der Waals surface area contributed by atoms with Crippen LogP contribution in [0.3, 0.4) is 0 Å². The second kappa shape index (κ2) is 10.3. The van der Waals surface area contributed by atoms with Crippen LogP contribution in [0.25, 0.3) is 0 Å². The van der Waals surface area contributed by atoms with Crippen molar-refractivity contribution in [1.29, 1.82) is 0 Å². The SMILES string of the molecule is CCCCCCc1cccc(Nc2nc(Nc3ccccc3C)ncc2C(F)(F)F)c1. The van der Waals surface area contributed by atoms with E-state index in [0.717, 1.165) is 48.7 Å². The van der Waals surface area contributed by atoms with Crippen molar-refractivity contribution in [3.63, 3.8) is 0 Å². The summed E-state index contributed by atoms with van der Waals surface area (Å²) in [7, 11) is 0. The molecule has 4 nitrogen and oxygen atoms in total. The van der Waals surface area contributed by atoms with E-state index >= 15 is 0 Å². The highest BCUT2D eigenvalue weighted by Crippen LogP contribution is 2.35. The molecular formula is C24H27F3N4. The quantitative estimate of drug-likeness (QED) is 0.348. The van der Waals surface area contributed by atoms with Crippen LogP contribution in [0.4, 0.5) is 36.3 Å². The lowest BCUT2D eigenvalue weighted by molar-refractivity contribution is -0.137. The molecule has 0 saturated heterocycles. The van der Waals surface area contributed by atoms with Crippen molar-refractivity contribution in [2.24, 2.45) is 0 Å². The fraction of sp³-hybridized carbons (Fsp3) is 0.333. The zero-order chi connectivity index (χ0) is 22.3. The Hall–Kier alpha value is -3.09. The third-order valence-electron chi connectivity index (χ3n) is 4.99. The van der Waals surface area contributed by atoms with Gasteiger partial charge in [0.15, 0.2) is 0 Å². The molecule has 0 saturated carbocycles. The molecule has 0 spiro atoms. The lowest BCUT2D eigenvalue weighted by atomic mass is 10.1. The molecule has 3 aromatic rings. The Labute approximate surface area is 181 Å². The molecule has 31 heavy (non-hydrogen) atoms. The first kappa shape index (κ1) is 22.6. The van der Waals surface area contributed by atoms with E-state index in [4.69, 9.17) is 0 Å². The van der Waals surface area contributed by atoms with E-state index in [9.17, 15) is 13.2 Å². The number of hydrogen-bond acceptors (Lipinski definition) is 4. The van der Waals surface area contributed by atoms with Crippen molar-refractivity contribution < 1.29 is 13.2 Å². The maximum atomic E-state index is 13.6. The van der Waals surface area contributed by atoms with Crippen molar-refractivity contribution >= 4 is 23.1 Å². The van der Waals surface area contributed by atoms with E-state index in [1.165, 1.54) is 6.42 Å².